The molecule has 4 aromatic rings. The van der Waals surface area contributed by atoms with Crippen LogP contribution in [0.1, 0.15) is 39.5 Å². The molecule has 196 valence electrons. The molecular formula is C31H27N3O5. The summed E-state index contributed by atoms with van der Waals surface area (Å²) in [6, 6.07) is 30.2. The number of fused-ring (bicyclic) bond motifs is 3. The van der Waals surface area contributed by atoms with Crippen LogP contribution in [0.25, 0.3) is 11.1 Å². The molecule has 39 heavy (non-hydrogen) atoms. The van der Waals surface area contributed by atoms with Crippen LogP contribution in [0, 0.1) is 0 Å². The number of nitrogens with one attached hydrogen (secondary N) is 1. The van der Waals surface area contributed by atoms with E-state index in [-0.39, 0.29) is 43.5 Å². The Morgan fingerprint density at radius 2 is 1.46 bits per heavy atom. The highest BCUT2D eigenvalue weighted by Crippen LogP contribution is 2.44. The topological polar surface area (TPSA) is 109 Å². The molecule has 3 aromatic carbocycles. The molecule has 1 aromatic heterocycles. The van der Waals surface area contributed by atoms with Crippen molar-refractivity contribution in [1.29, 1.82) is 0 Å². The molecule has 2 amide bonds. The third-order valence-electron chi connectivity index (χ3n) is 6.64. The Labute approximate surface area is 225 Å². The summed E-state index contributed by atoms with van der Waals surface area (Å²) in [6.45, 7) is 0.409. The molecule has 0 bridgehead atoms. The summed E-state index contributed by atoms with van der Waals surface area (Å²) < 4.78 is 5.58. The molecular weight excluding hydrogens is 494 g/mol. The molecule has 0 atom stereocenters. The van der Waals surface area contributed by atoms with Gasteiger partial charge in [0, 0.05) is 19.0 Å². The van der Waals surface area contributed by atoms with Crippen LogP contribution < -0.4 is 5.32 Å². The molecule has 0 fully saturated rings. The molecule has 1 heterocycles. The van der Waals surface area contributed by atoms with Gasteiger partial charge in [-0.15, -0.1) is 0 Å². The number of benzene rings is 3. The third-order valence-corrected chi connectivity index (χ3v) is 6.64. The van der Waals surface area contributed by atoms with Crippen molar-refractivity contribution in [2.24, 2.45) is 0 Å². The molecule has 0 radical (unpaired) electrons. The lowest BCUT2D eigenvalue weighted by Gasteiger charge is -2.22. The minimum absolute atomic E-state index is 0.0226. The second-order valence-corrected chi connectivity index (χ2v) is 9.21. The predicted octanol–water partition coefficient (Wildman–Crippen LogP) is 5.56. The highest BCUT2D eigenvalue weighted by Gasteiger charge is 2.29. The van der Waals surface area contributed by atoms with Crippen molar-refractivity contribution >= 4 is 23.8 Å². The van der Waals surface area contributed by atoms with E-state index < -0.39 is 18.0 Å². The highest BCUT2D eigenvalue weighted by atomic mass is 16.5. The average molecular weight is 522 g/mol. The van der Waals surface area contributed by atoms with Crippen LogP contribution in [-0.4, -0.2) is 46.1 Å². The summed E-state index contributed by atoms with van der Waals surface area (Å²) in [5.41, 5.74) is 5.45. The molecule has 5 rings (SSSR count). The van der Waals surface area contributed by atoms with Crippen molar-refractivity contribution in [2.75, 3.05) is 18.5 Å². The van der Waals surface area contributed by atoms with Crippen LogP contribution in [0.2, 0.25) is 0 Å². The van der Waals surface area contributed by atoms with E-state index in [1.165, 1.54) is 11.0 Å². The summed E-state index contributed by atoms with van der Waals surface area (Å²) in [5, 5.41) is 11.8. The number of aliphatic carboxylic acids is 1. The zero-order valence-corrected chi connectivity index (χ0v) is 21.1. The number of anilines is 1. The fourth-order valence-electron chi connectivity index (χ4n) is 4.81. The molecule has 2 N–H and O–H groups in total. The fraction of sp³-hybridized carbons (Fsp3) is 0.161. The maximum Gasteiger partial charge on any atom is 0.412 e. The lowest BCUT2D eigenvalue weighted by molar-refractivity contribution is -0.137. The molecule has 8 nitrogen and oxygen atoms in total. The number of aromatic nitrogens is 1. The van der Waals surface area contributed by atoms with Crippen molar-refractivity contribution in [1.82, 2.24) is 9.88 Å². The van der Waals surface area contributed by atoms with E-state index >= 15 is 0 Å². The number of rotatable bonds is 9. The number of carbonyl (C=O) groups excluding carboxylic acids is 2. The quantitative estimate of drug-likeness (QED) is 0.299. The van der Waals surface area contributed by atoms with Crippen molar-refractivity contribution in [3.05, 3.63) is 119 Å². The predicted molar refractivity (Wildman–Crippen MR) is 146 cm³/mol. The minimum atomic E-state index is -1.00. The number of pyridine rings is 1. The number of hydrogen-bond acceptors (Lipinski definition) is 5. The van der Waals surface area contributed by atoms with E-state index in [2.05, 4.69) is 22.4 Å². The number of carboxylic acid groups (broad SMARTS) is 1. The van der Waals surface area contributed by atoms with Gasteiger partial charge < -0.3 is 14.7 Å². The second kappa shape index (κ2) is 11.6. The molecule has 1 aliphatic carbocycles. The van der Waals surface area contributed by atoms with E-state index in [1.54, 1.807) is 12.1 Å². The number of amides is 2. The van der Waals surface area contributed by atoms with Gasteiger partial charge in [-0.25, -0.2) is 9.78 Å². The third kappa shape index (κ3) is 5.96. The van der Waals surface area contributed by atoms with Gasteiger partial charge in [-0.3, -0.25) is 14.9 Å². The number of carbonyl (C=O) groups is 3. The molecule has 0 saturated carbocycles. The van der Waals surface area contributed by atoms with E-state index in [4.69, 9.17) is 9.84 Å². The SMILES string of the molecule is O=C(O)CCN(Cc1ccccc1)C(=O)c1cccc(NC(=O)OCC2c3ccccc3-c3ccccc32)n1. The van der Waals surface area contributed by atoms with Crippen LogP contribution in [0.4, 0.5) is 10.6 Å². The Kier molecular flexibility index (Phi) is 7.63. The molecule has 0 spiro atoms. The van der Waals surface area contributed by atoms with Gasteiger partial charge in [0.2, 0.25) is 0 Å². The fourth-order valence-corrected chi connectivity index (χ4v) is 4.81. The van der Waals surface area contributed by atoms with Crippen LogP contribution in [0.15, 0.2) is 97.1 Å². The summed E-state index contributed by atoms with van der Waals surface area (Å²) in [7, 11) is 0. The normalized spacial score (nSPS) is 11.8. The maximum absolute atomic E-state index is 13.3. The second-order valence-electron chi connectivity index (χ2n) is 9.21. The Morgan fingerprint density at radius 3 is 2.13 bits per heavy atom. The van der Waals surface area contributed by atoms with Crippen LogP contribution in [-0.2, 0) is 16.1 Å². The molecule has 1 aliphatic rings. The first kappa shape index (κ1) is 25.7. The monoisotopic (exact) mass is 521 g/mol. The average Bonchev–Trinajstić information content (AvgIpc) is 3.28. The van der Waals surface area contributed by atoms with Crippen LogP contribution in [0.3, 0.4) is 0 Å². The lowest BCUT2D eigenvalue weighted by atomic mass is 9.98. The molecule has 8 heteroatoms. The van der Waals surface area contributed by atoms with Gasteiger partial charge in [-0.2, -0.15) is 0 Å². The Bertz CT molecular complexity index is 1460. The first-order valence-electron chi connectivity index (χ1n) is 12.6. The molecule has 0 saturated heterocycles. The summed E-state index contributed by atoms with van der Waals surface area (Å²) in [4.78, 5) is 42.9. The van der Waals surface area contributed by atoms with Gasteiger partial charge in [0.05, 0.1) is 6.42 Å². The van der Waals surface area contributed by atoms with Gasteiger partial charge in [0.25, 0.3) is 5.91 Å². The van der Waals surface area contributed by atoms with Gasteiger partial charge in [0.1, 0.15) is 18.1 Å². The summed E-state index contributed by atoms with van der Waals surface area (Å²) in [5.74, 6) is -1.35. The van der Waals surface area contributed by atoms with E-state index in [0.717, 1.165) is 27.8 Å². The Morgan fingerprint density at radius 1 is 0.821 bits per heavy atom. The smallest absolute Gasteiger partial charge is 0.412 e. The molecule has 0 unspecified atom stereocenters. The van der Waals surface area contributed by atoms with Gasteiger partial charge in [0.15, 0.2) is 0 Å². The Hall–Kier alpha value is -4.98. The lowest BCUT2D eigenvalue weighted by Crippen LogP contribution is -2.33. The zero-order chi connectivity index (χ0) is 27.2. The van der Waals surface area contributed by atoms with Gasteiger partial charge >= 0.3 is 12.1 Å². The van der Waals surface area contributed by atoms with E-state index in [1.807, 2.05) is 66.7 Å². The highest BCUT2D eigenvalue weighted by molar-refractivity contribution is 5.93. The van der Waals surface area contributed by atoms with E-state index in [9.17, 15) is 14.4 Å². The first-order chi connectivity index (χ1) is 19.0. The summed E-state index contributed by atoms with van der Waals surface area (Å²) in [6.07, 6.45) is -0.878. The number of carboxylic acids is 1. The van der Waals surface area contributed by atoms with Crippen molar-refractivity contribution in [3.8, 4) is 11.1 Å². The number of ether oxygens (including phenoxy) is 1. The zero-order valence-electron chi connectivity index (χ0n) is 21.1. The number of nitrogens with zero attached hydrogens (tertiary/aromatic N) is 2. The summed E-state index contributed by atoms with van der Waals surface area (Å²) >= 11 is 0. The first-order valence-corrected chi connectivity index (χ1v) is 12.6. The Balaban J connectivity index is 1.25. The largest absolute Gasteiger partial charge is 0.481 e. The van der Waals surface area contributed by atoms with Crippen LogP contribution >= 0.6 is 0 Å². The van der Waals surface area contributed by atoms with Crippen molar-refractivity contribution < 1.29 is 24.2 Å². The van der Waals surface area contributed by atoms with Crippen molar-refractivity contribution in [2.45, 2.75) is 18.9 Å². The van der Waals surface area contributed by atoms with Gasteiger partial charge in [-0.05, 0) is 39.9 Å². The number of hydrogen-bond donors (Lipinski definition) is 2. The maximum atomic E-state index is 13.3. The van der Waals surface area contributed by atoms with Crippen LogP contribution in [0.5, 0.6) is 0 Å². The standard InChI is InChI=1S/C31H27N3O5/c35-29(36)17-18-34(19-21-9-2-1-3-10-21)30(37)27-15-8-16-28(32-27)33-31(38)39-20-26-24-13-6-4-11-22(24)23-12-5-7-14-25(23)26/h1-16,26H,17-20H2,(H,35,36)(H,32,33,38). The molecule has 0 aliphatic heterocycles. The van der Waals surface area contributed by atoms with Gasteiger partial charge in [-0.1, -0.05) is 84.9 Å². The van der Waals surface area contributed by atoms with Crippen molar-refractivity contribution in [3.63, 3.8) is 0 Å². The van der Waals surface area contributed by atoms with E-state index in [0.29, 0.717) is 0 Å². The minimum Gasteiger partial charge on any atom is -0.481 e.